The van der Waals surface area contributed by atoms with Crippen molar-refractivity contribution in [3.8, 4) is 0 Å². The van der Waals surface area contributed by atoms with Crippen molar-refractivity contribution in [1.29, 1.82) is 0 Å². The van der Waals surface area contributed by atoms with Gasteiger partial charge in [0.15, 0.2) is 17.3 Å². The number of nitrogens with zero attached hydrogens (tertiary/aromatic N) is 1. The molecule has 0 bridgehead atoms. The van der Waals surface area contributed by atoms with Gasteiger partial charge in [0.25, 0.3) is 11.8 Å². The molecule has 2 aromatic carbocycles. The summed E-state index contributed by atoms with van der Waals surface area (Å²) in [6, 6.07) is 9.58. The van der Waals surface area contributed by atoms with Gasteiger partial charge in [0.1, 0.15) is 5.82 Å². The number of H-pyrrole nitrogens is 1. The van der Waals surface area contributed by atoms with Crippen molar-refractivity contribution in [2.75, 3.05) is 10.6 Å². The number of benzene rings is 2. The minimum atomic E-state index is -1.22. The fourth-order valence-corrected chi connectivity index (χ4v) is 2.88. The Morgan fingerprint density at radius 2 is 1.74 bits per heavy atom. The maximum absolute atomic E-state index is 13.4. The van der Waals surface area contributed by atoms with Crippen molar-refractivity contribution in [2.45, 2.75) is 13.5 Å². The van der Waals surface area contributed by atoms with E-state index in [-0.39, 0.29) is 34.5 Å². The van der Waals surface area contributed by atoms with Gasteiger partial charge >= 0.3 is 0 Å². The van der Waals surface area contributed by atoms with Crippen molar-refractivity contribution in [3.05, 3.63) is 75.9 Å². The lowest BCUT2D eigenvalue weighted by molar-refractivity contribution is -0.114. The van der Waals surface area contributed by atoms with E-state index in [9.17, 15) is 23.2 Å². The number of anilines is 2. The molecule has 3 aromatic rings. The molecule has 0 aliphatic carbocycles. The van der Waals surface area contributed by atoms with Crippen LogP contribution in [0.3, 0.4) is 0 Å². The standard InChI is InChI=1S/C20H16ClF2N5O3/c1-10(29)25-16-5-3-2-4-11(16)9-24-20(31)17-8-18(28-27-17)26-19(30)12-6-14(22)15(23)7-13(12)21/h2-8H,9H2,1H3,(H,24,31)(H,25,29)(H2,26,27,28,30). The number of halogens is 3. The predicted octanol–water partition coefficient (Wildman–Crippen LogP) is 3.48. The largest absolute Gasteiger partial charge is 0.346 e. The average Bonchev–Trinajstić information content (AvgIpc) is 3.18. The zero-order valence-electron chi connectivity index (χ0n) is 16.1. The fourth-order valence-electron chi connectivity index (χ4n) is 2.64. The lowest BCUT2D eigenvalue weighted by Gasteiger charge is -2.10. The monoisotopic (exact) mass is 447 g/mol. The second kappa shape index (κ2) is 9.35. The lowest BCUT2D eigenvalue weighted by Crippen LogP contribution is -2.24. The van der Waals surface area contributed by atoms with Crippen LogP contribution in [0, 0.1) is 11.6 Å². The van der Waals surface area contributed by atoms with Gasteiger partial charge in [0, 0.05) is 25.2 Å². The van der Waals surface area contributed by atoms with E-state index in [1.807, 2.05) is 0 Å². The highest BCUT2D eigenvalue weighted by Crippen LogP contribution is 2.21. The molecule has 3 amide bonds. The van der Waals surface area contributed by atoms with Gasteiger partial charge in [-0.2, -0.15) is 5.10 Å². The highest BCUT2D eigenvalue weighted by Gasteiger charge is 2.17. The van der Waals surface area contributed by atoms with Crippen LogP contribution in [-0.2, 0) is 11.3 Å². The molecule has 11 heteroatoms. The highest BCUT2D eigenvalue weighted by molar-refractivity contribution is 6.34. The van der Waals surface area contributed by atoms with Crippen LogP contribution in [-0.4, -0.2) is 27.9 Å². The quantitative estimate of drug-likeness (QED) is 0.433. The maximum atomic E-state index is 13.4. The Balaban J connectivity index is 1.65. The third-order valence-electron chi connectivity index (χ3n) is 4.08. The summed E-state index contributed by atoms with van der Waals surface area (Å²) in [6.07, 6.45) is 0. The second-order valence-electron chi connectivity index (χ2n) is 6.39. The van der Waals surface area contributed by atoms with Crippen molar-refractivity contribution < 1.29 is 23.2 Å². The molecule has 8 nitrogen and oxygen atoms in total. The molecule has 4 N–H and O–H groups in total. The summed E-state index contributed by atoms with van der Waals surface area (Å²) in [7, 11) is 0. The summed E-state index contributed by atoms with van der Waals surface area (Å²) in [4.78, 5) is 35.9. The van der Waals surface area contributed by atoms with Crippen LogP contribution in [0.25, 0.3) is 0 Å². The van der Waals surface area contributed by atoms with E-state index in [4.69, 9.17) is 11.6 Å². The minimum Gasteiger partial charge on any atom is -0.346 e. The Hall–Kier alpha value is -3.79. The normalized spacial score (nSPS) is 10.5. The zero-order valence-corrected chi connectivity index (χ0v) is 16.8. The van der Waals surface area contributed by atoms with Gasteiger partial charge in [-0.25, -0.2) is 8.78 Å². The van der Waals surface area contributed by atoms with Gasteiger partial charge in [-0.1, -0.05) is 29.8 Å². The van der Waals surface area contributed by atoms with Crippen LogP contribution in [0.1, 0.15) is 33.3 Å². The molecule has 0 saturated heterocycles. The molecule has 31 heavy (non-hydrogen) atoms. The first-order valence-electron chi connectivity index (χ1n) is 8.89. The molecule has 1 aromatic heterocycles. The number of amides is 3. The van der Waals surface area contributed by atoms with Crippen LogP contribution < -0.4 is 16.0 Å². The Morgan fingerprint density at radius 1 is 1.03 bits per heavy atom. The van der Waals surface area contributed by atoms with Crippen molar-refractivity contribution >= 4 is 40.8 Å². The maximum Gasteiger partial charge on any atom is 0.272 e. The third kappa shape index (κ3) is 5.43. The highest BCUT2D eigenvalue weighted by atomic mass is 35.5. The van der Waals surface area contributed by atoms with E-state index in [0.29, 0.717) is 23.4 Å². The van der Waals surface area contributed by atoms with Gasteiger partial charge in [-0.15, -0.1) is 0 Å². The van der Waals surface area contributed by atoms with Crippen molar-refractivity contribution in [1.82, 2.24) is 15.5 Å². The van der Waals surface area contributed by atoms with E-state index < -0.39 is 23.4 Å². The number of carbonyl (C=O) groups excluding carboxylic acids is 3. The molecule has 0 atom stereocenters. The average molecular weight is 448 g/mol. The first kappa shape index (κ1) is 21.9. The molecule has 0 spiro atoms. The molecule has 160 valence electrons. The molecule has 0 aliphatic heterocycles. The molecular formula is C20H16ClF2N5O3. The van der Waals surface area contributed by atoms with Gasteiger partial charge in [0.05, 0.1) is 10.6 Å². The summed E-state index contributed by atoms with van der Waals surface area (Å²) in [6.45, 7) is 1.50. The molecule has 0 saturated carbocycles. The molecule has 3 rings (SSSR count). The number of nitrogens with one attached hydrogen (secondary N) is 4. The number of hydrogen-bond donors (Lipinski definition) is 4. The summed E-state index contributed by atoms with van der Waals surface area (Å²) >= 11 is 5.78. The Labute approximate surface area is 180 Å². The van der Waals surface area contributed by atoms with Crippen molar-refractivity contribution in [3.63, 3.8) is 0 Å². The SMILES string of the molecule is CC(=O)Nc1ccccc1CNC(=O)c1cc(NC(=O)c2cc(F)c(F)cc2Cl)[nH]n1. The number of para-hydroxylation sites is 1. The smallest absolute Gasteiger partial charge is 0.272 e. The van der Waals surface area contributed by atoms with Crippen LogP contribution in [0.4, 0.5) is 20.3 Å². The van der Waals surface area contributed by atoms with E-state index in [0.717, 1.165) is 0 Å². The van der Waals surface area contributed by atoms with Crippen molar-refractivity contribution in [2.24, 2.45) is 0 Å². The fraction of sp³-hybridized carbons (Fsp3) is 0.100. The first-order chi connectivity index (χ1) is 14.7. The van der Waals surface area contributed by atoms with Crippen LogP contribution >= 0.6 is 11.6 Å². The minimum absolute atomic E-state index is 0.0244. The number of aromatic amines is 1. The molecule has 0 unspecified atom stereocenters. The zero-order chi connectivity index (χ0) is 22.5. The van der Waals surface area contributed by atoms with E-state index in [1.165, 1.54) is 13.0 Å². The van der Waals surface area contributed by atoms with Crippen LogP contribution in [0.15, 0.2) is 42.5 Å². The summed E-state index contributed by atoms with van der Waals surface area (Å²) in [5.41, 5.74) is 0.941. The van der Waals surface area contributed by atoms with E-state index in [1.54, 1.807) is 24.3 Å². The van der Waals surface area contributed by atoms with Gasteiger partial charge in [0.2, 0.25) is 5.91 Å². The van der Waals surface area contributed by atoms with E-state index >= 15 is 0 Å². The lowest BCUT2D eigenvalue weighted by atomic mass is 10.1. The first-order valence-corrected chi connectivity index (χ1v) is 9.27. The van der Waals surface area contributed by atoms with Gasteiger partial charge < -0.3 is 16.0 Å². The Morgan fingerprint density at radius 3 is 2.48 bits per heavy atom. The molecular weight excluding hydrogens is 432 g/mol. The topological polar surface area (TPSA) is 116 Å². The Bertz CT molecular complexity index is 1170. The predicted molar refractivity (Wildman–Crippen MR) is 110 cm³/mol. The van der Waals surface area contributed by atoms with Crippen LogP contribution in [0.2, 0.25) is 5.02 Å². The summed E-state index contributed by atoms with van der Waals surface area (Å²) in [5, 5.41) is 13.7. The molecule has 0 radical (unpaired) electrons. The molecule has 1 heterocycles. The number of hydrogen-bond acceptors (Lipinski definition) is 4. The third-order valence-corrected chi connectivity index (χ3v) is 4.39. The van der Waals surface area contributed by atoms with Gasteiger partial charge in [-0.3, -0.25) is 19.5 Å². The molecule has 0 fully saturated rings. The summed E-state index contributed by atoms with van der Waals surface area (Å²) < 4.78 is 26.5. The number of carbonyl (C=O) groups is 3. The van der Waals surface area contributed by atoms with Crippen LogP contribution in [0.5, 0.6) is 0 Å². The van der Waals surface area contributed by atoms with Gasteiger partial charge in [-0.05, 0) is 23.8 Å². The Kier molecular flexibility index (Phi) is 6.61. The molecule has 0 aliphatic rings. The van der Waals surface area contributed by atoms with E-state index in [2.05, 4.69) is 26.1 Å². The summed E-state index contributed by atoms with van der Waals surface area (Å²) in [5.74, 6) is -3.95. The second-order valence-corrected chi connectivity index (χ2v) is 6.80. The number of aromatic nitrogens is 2. The number of rotatable bonds is 6.